The number of rotatable bonds is 5. The Morgan fingerprint density at radius 1 is 0.246 bits per heavy atom. The third-order valence-corrected chi connectivity index (χ3v) is 11.8. The second-order valence-electron chi connectivity index (χ2n) is 14.9. The maximum absolute atomic E-state index is 2.51. The van der Waals surface area contributed by atoms with Crippen molar-refractivity contribution in [3.8, 4) is 39.3 Å². The monoisotopic (exact) mass is 725 g/mol. The fourth-order valence-electron chi connectivity index (χ4n) is 9.49. The van der Waals surface area contributed by atoms with Crippen LogP contribution in [-0.2, 0) is 0 Å². The summed E-state index contributed by atoms with van der Waals surface area (Å²) < 4.78 is 7.35. The predicted octanol–water partition coefficient (Wildman–Crippen LogP) is 14.3. The number of para-hydroxylation sites is 6. The molecule has 0 radical (unpaired) electrons. The maximum atomic E-state index is 2.51. The fraction of sp³-hybridized carbons (Fsp3) is 0. The Balaban J connectivity index is 1.21. The summed E-state index contributed by atoms with van der Waals surface area (Å²) in [5.41, 5.74) is 15.4. The molecule has 3 aromatic heterocycles. The number of fused-ring (bicyclic) bond motifs is 10. The molecule has 0 N–H and O–H groups in total. The quantitative estimate of drug-likeness (QED) is 0.168. The van der Waals surface area contributed by atoms with Gasteiger partial charge in [-0.25, -0.2) is 0 Å². The van der Waals surface area contributed by atoms with Crippen LogP contribution in [-0.4, -0.2) is 13.7 Å². The molecule has 0 spiro atoms. The molecule has 0 aliphatic rings. The van der Waals surface area contributed by atoms with Crippen LogP contribution in [0.5, 0.6) is 0 Å². The van der Waals surface area contributed by atoms with E-state index >= 15 is 0 Å². The number of hydrogen-bond acceptors (Lipinski definition) is 0. The van der Waals surface area contributed by atoms with Crippen molar-refractivity contribution in [2.75, 3.05) is 0 Å². The molecule has 266 valence electrons. The molecule has 0 unspecified atom stereocenters. The molecule has 9 aromatic carbocycles. The highest BCUT2D eigenvalue weighted by molar-refractivity contribution is 6.29. The molecule has 12 aromatic rings. The fourth-order valence-corrected chi connectivity index (χ4v) is 9.49. The summed E-state index contributed by atoms with van der Waals surface area (Å²) in [7, 11) is 0. The van der Waals surface area contributed by atoms with E-state index in [1.807, 2.05) is 0 Å². The summed E-state index contributed by atoms with van der Waals surface area (Å²) in [6.45, 7) is 0. The van der Waals surface area contributed by atoms with Crippen LogP contribution in [0.15, 0.2) is 212 Å². The molecule has 3 heterocycles. The maximum Gasteiger partial charge on any atom is 0.0553 e. The second-order valence-corrected chi connectivity index (χ2v) is 14.9. The lowest BCUT2D eigenvalue weighted by atomic mass is 9.93. The Bertz CT molecular complexity index is 3500. The lowest BCUT2D eigenvalue weighted by molar-refractivity contribution is 1.17. The molecule has 0 atom stereocenters. The number of aromatic nitrogens is 3. The van der Waals surface area contributed by atoms with Crippen molar-refractivity contribution in [3.63, 3.8) is 0 Å². The van der Waals surface area contributed by atoms with E-state index in [9.17, 15) is 0 Å². The minimum atomic E-state index is 1.15. The van der Waals surface area contributed by atoms with Crippen molar-refractivity contribution >= 4 is 65.4 Å². The molecule has 3 nitrogen and oxygen atoms in total. The lowest BCUT2D eigenvalue weighted by Crippen LogP contribution is -1.98. The van der Waals surface area contributed by atoms with E-state index < -0.39 is 0 Å². The van der Waals surface area contributed by atoms with Gasteiger partial charge in [-0.15, -0.1) is 0 Å². The van der Waals surface area contributed by atoms with Gasteiger partial charge >= 0.3 is 0 Å². The van der Waals surface area contributed by atoms with E-state index in [2.05, 4.69) is 226 Å². The SMILES string of the molecule is c1ccc(-c2cc(-c3ccccc3-n3c4ccccc4c4c5c6ccccc6n(-c6ccccc6)c5ccc43)c3c4ccccc4n(-c4ccccc4)c3c2)cc1. The zero-order valence-electron chi connectivity index (χ0n) is 31.0. The zero-order chi connectivity index (χ0) is 37.5. The van der Waals surface area contributed by atoms with Crippen molar-refractivity contribution in [2.24, 2.45) is 0 Å². The van der Waals surface area contributed by atoms with Crippen molar-refractivity contribution in [2.45, 2.75) is 0 Å². The van der Waals surface area contributed by atoms with E-state index in [0.29, 0.717) is 0 Å². The summed E-state index contributed by atoms with van der Waals surface area (Å²) in [5.74, 6) is 0. The highest BCUT2D eigenvalue weighted by Gasteiger charge is 2.24. The third-order valence-electron chi connectivity index (χ3n) is 11.8. The molecule has 0 saturated heterocycles. The van der Waals surface area contributed by atoms with Crippen molar-refractivity contribution in [3.05, 3.63) is 212 Å². The summed E-state index contributed by atoms with van der Waals surface area (Å²) in [6.07, 6.45) is 0. The van der Waals surface area contributed by atoms with Crippen LogP contribution in [0.25, 0.3) is 105 Å². The molecule has 3 heteroatoms. The predicted molar refractivity (Wildman–Crippen MR) is 240 cm³/mol. The molecular formula is C54H35N3. The largest absolute Gasteiger partial charge is 0.309 e. The Morgan fingerprint density at radius 3 is 1.28 bits per heavy atom. The average molecular weight is 726 g/mol. The van der Waals surface area contributed by atoms with Gasteiger partial charge in [-0.05, 0) is 89.5 Å². The number of nitrogens with zero attached hydrogens (tertiary/aromatic N) is 3. The highest BCUT2D eigenvalue weighted by atomic mass is 15.0. The van der Waals surface area contributed by atoms with Crippen molar-refractivity contribution < 1.29 is 0 Å². The second kappa shape index (κ2) is 12.5. The molecule has 0 amide bonds. The van der Waals surface area contributed by atoms with Gasteiger partial charge in [0.2, 0.25) is 0 Å². The van der Waals surface area contributed by atoms with Crippen LogP contribution in [0, 0.1) is 0 Å². The van der Waals surface area contributed by atoms with E-state index in [-0.39, 0.29) is 0 Å². The first-order valence-electron chi connectivity index (χ1n) is 19.6. The molecule has 0 aliphatic heterocycles. The number of hydrogen-bond donors (Lipinski definition) is 0. The van der Waals surface area contributed by atoms with Gasteiger partial charge in [0, 0.05) is 49.3 Å². The van der Waals surface area contributed by atoms with Crippen LogP contribution >= 0.6 is 0 Å². The van der Waals surface area contributed by atoms with Crippen LogP contribution in [0.2, 0.25) is 0 Å². The van der Waals surface area contributed by atoms with Gasteiger partial charge in [0.05, 0.1) is 38.8 Å². The summed E-state index contributed by atoms with van der Waals surface area (Å²) in [6, 6.07) is 77.4. The topological polar surface area (TPSA) is 14.8 Å². The van der Waals surface area contributed by atoms with Gasteiger partial charge in [-0.2, -0.15) is 0 Å². The van der Waals surface area contributed by atoms with Gasteiger partial charge in [-0.3, -0.25) is 0 Å². The van der Waals surface area contributed by atoms with Crippen LogP contribution in [0.1, 0.15) is 0 Å². The molecular weight excluding hydrogens is 691 g/mol. The Hall–Kier alpha value is -7.62. The molecule has 0 fully saturated rings. The van der Waals surface area contributed by atoms with E-state index in [1.54, 1.807) is 0 Å². The van der Waals surface area contributed by atoms with Crippen molar-refractivity contribution in [1.82, 2.24) is 13.7 Å². The van der Waals surface area contributed by atoms with E-state index in [1.165, 1.54) is 87.7 Å². The smallest absolute Gasteiger partial charge is 0.0553 e. The van der Waals surface area contributed by atoms with Crippen LogP contribution < -0.4 is 0 Å². The van der Waals surface area contributed by atoms with E-state index in [4.69, 9.17) is 0 Å². The molecule has 0 aliphatic carbocycles. The van der Waals surface area contributed by atoms with Crippen LogP contribution in [0.4, 0.5) is 0 Å². The average Bonchev–Trinajstić information content (AvgIpc) is 3.92. The first-order valence-corrected chi connectivity index (χ1v) is 19.6. The third kappa shape index (κ3) is 4.66. The minimum absolute atomic E-state index is 1.15. The van der Waals surface area contributed by atoms with Crippen LogP contribution in [0.3, 0.4) is 0 Å². The lowest BCUT2D eigenvalue weighted by Gasteiger charge is -2.17. The molecule has 12 rings (SSSR count). The minimum Gasteiger partial charge on any atom is -0.309 e. The molecule has 57 heavy (non-hydrogen) atoms. The zero-order valence-corrected chi connectivity index (χ0v) is 31.0. The molecule has 0 bridgehead atoms. The van der Waals surface area contributed by atoms with Gasteiger partial charge < -0.3 is 13.7 Å². The Morgan fingerprint density at radius 2 is 0.684 bits per heavy atom. The van der Waals surface area contributed by atoms with Gasteiger partial charge in [0.15, 0.2) is 0 Å². The Labute approximate surface area is 329 Å². The summed E-state index contributed by atoms with van der Waals surface area (Å²) in [4.78, 5) is 0. The Kier molecular flexibility index (Phi) is 6.93. The molecule has 0 saturated carbocycles. The van der Waals surface area contributed by atoms with E-state index in [0.717, 1.165) is 17.1 Å². The summed E-state index contributed by atoms with van der Waals surface area (Å²) >= 11 is 0. The number of benzene rings is 9. The van der Waals surface area contributed by atoms with Gasteiger partial charge in [0.25, 0.3) is 0 Å². The first-order chi connectivity index (χ1) is 28.3. The summed E-state index contributed by atoms with van der Waals surface area (Å²) in [5, 5.41) is 7.53. The first kappa shape index (κ1) is 31.7. The highest BCUT2D eigenvalue weighted by Crippen LogP contribution is 2.46. The standard InChI is InChI=1S/C54H35N3/c1-4-18-36(19-5-1)37-34-44(52-41-25-11-15-29-46(41)56(51(52)35-37)39-22-8-3-9-23-39)40-24-10-14-28-45(40)57-48-31-17-13-27-43(48)54-50(57)33-32-49-53(54)42-26-12-16-30-47(42)55(49)38-20-6-2-7-21-38/h1-35H. The van der Waals surface area contributed by atoms with Gasteiger partial charge in [-0.1, -0.05) is 140 Å². The normalized spacial score (nSPS) is 11.9. The van der Waals surface area contributed by atoms with Gasteiger partial charge in [0.1, 0.15) is 0 Å². The van der Waals surface area contributed by atoms with Crippen molar-refractivity contribution in [1.29, 1.82) is 0 Å².